The Hall–Kier alpha value is -3.55. The molecule has 2 atom stereocenters. The van der Waals surface area contributed by atoms with Crippen LogP contribution >= 0.6 is 0 Å². The van der Waals surface area contributed by atoms with Gasteiger partial charge in [0.1, 0.15) is 12.4 Å². The van der Waals surface area contributed by atoms with Gasteiger partial charge in [0.05, 0.1) is 17.8 Å². The van der Waals surface area contributed by atoms with E-state index >= 15 is 0 Å². The number of amides is 1. The van der Waals surface area contributed by atoms with Crippen LogP contribution in [0.15, 0.2) is 42.7 Å². The summed E-state index contributed by atoms with van der Waals surface area (Å²) in [7, 11) is 0. The predicted octanol–water partition coefficient (Wildman–Crippen LogP) is 6.68. The standard InChI is InChI=1S/C30H40N6O2/c1-18(2)23-17-38-28(37)36(23)26-12-13-31-27(35-26)33-19(3)22-11-10-20(16-32-22)21-14-24(29(4,5)6)34-25(15-21)30(7,8)9/h10-16,18-19,23H,17H2,1-9H3,(H,31,33,35)/t19-,23+/m0/s1. The van der Waals surface area contributed by atoms with E-state index in [0.717, 1.165) is 28.2 Å². The first-order chi connectivity index (χ1) is 17.7. The van der Waals surface area contributed by atoms with E-state index in [9.17, 15) is 4.79 Å². The molecule has 3 aromatic heterocycles. The minimum absolute atomic E-state index is 0.0531. The van der Waals surface area contributed by atoms with Crippen LogP contribution in [0.1, 0.15) is 85.4 Å². The summed E-state index contributed by atoms with van der Waals surface area (Å²) in [6.45, 7) is 19.6. The molecule has 202 valence electrons. The SMILES string of the molecule is CC(C)[C@H]1COC(=O)N1c1ccnc(N[C@@H](C)c2ccc(-c3cc(C(C)(C)C)nc(C(C)(C)C)c3)cn2)n1. The summed E-state index contributed by atoms with van der Waals surface area (Å²) in [5.74, 6) is 1.21. The van der Waals surface area contributed by atoms with Crippen LogP contribution in [-0.4, -0.2) is 38.7 Å². The first-order valence-electron chi connectivity index (χ1n) is 13.3. The summed E-state index contributed by atoms with van der Waals surface area (Å²) in [4.78, 5) is 32.7. The molecule has 1 saturated heterocycles. The summed E-state index contributed by atoms with van der Waals surface area (Å²) >= 11 is 0. The van der Waals surface area contributed by atoms with Gasteiger partial charge in [0.25, 0.3) is 0 Å². The number of hydrogen-bond acceptors (Lipinski definition) is 7. The van der Waals surface area contributed by atoms with Crippen molar-refractivity contribution in [3.8, 4) is 11.1 Å². The van der Waals surface area contributed by atoms with Crippen LogP contribution in [0.2, 0.25) is 0 Å². The molecule has 1 aliphatic rings. The zero-order chi connectivity index (χ0) is 27.8. The summed E-state index contributed by atoms with van der Waals surface area (Å²) in [5, 5.41) is 3.32. The van der Waals surface area contributed by atoms with E-state index in [0.29, 0.717) is 18.4 Å². The average Bonchev–Trinajstić information content (AvgIpc) is 3.24. The number of rotatable bonds is 6. The lowest BCUT2D eigenvalue weighted by Crippen LogP contribution is -2.37. The van der Waals surface area contributed by atoms with Gasteiger partial charge in [-0.2, -0.15) is 4.98 Å². The Labute approximate surface area is 226 Å². The number of hydrogen-bond donors (Lipinski definition) is 1. The van der Waals surface area contributed by atoms with Crippen molar-refractivity contribution in [1.82, 2.24) is 19.9 Å². The van der Waals surface area contributed by atoms with Gasteiger partial charge >= 0.3 is 6.09 Å². The Morgan fingerprint density at radius 3 is 2.13 bits per heavy atom. The van der Waals surface area contributed by atoms with E-state index in [4.69, 9.17) is 14.7 Å². The number of nitrogens with one attached hydrogen (secondary N) is 1. The van der Waals surface area contributed by atoms with Crippen molar-refractivity contribution >= 4 is 17.9 Å². The fraction of sp³-hybridized carbons (Fsp3) is 0.500. The lowest BCUT2D eigenvalue weighted by Gasteiger charge is -2.25. The molecule has 1 N–H and O–H groups in total. The number of carbonyl (C=O) groups is 1. The van der Waals surface area contributed by atoms with Gasteiger partial charge in [0, 0.05) is 40.2 Å². The molecular weight excluding hydrogens is 476 g/mol. The number of nitrogens with zero attached hydrogens (tertiary/aromatic N) is 5. The molecule has 38 heavy (non-hydrogen) atoms. The molecule has 1 amide bonds. The van der Waals surface area contributed by atoms with Crippen LogP contribution < -0.4 is 10.2 Å². The van der Waals surface area contributed by atoms with Gasteiger partial charge in [-0.15, -0.1) is 0 Å². The molecular formula is C30H40N6O2. The molecule has 1 fully saturated rings. The van der Waals surface area contributed by atoms with E-state index < -0.39 is 0 Å². The van der Waals surface area contributed by atoms with E-state index in [1.807, 2.05) is 19.2 Å². The zero-order valence-electron chi connectivity index (χ0n) is 24.0. The maximum absolute atomic E-state index is 12.4. The Balaban J connectivity index is 1.55. The number of pyridine rings is 2. The fourth-order valence-corrected chi connectivity index (χ4v) is 4.31. The van der Waals surface area contributed by atoms with Gasteiger partial charge in [-0.3, -0.25) is 14.9 Å². The lowest BCUT2D eigenvalue weighted by molar-refractivity contribution is 0.177. The van der Waals surface area contributed by atoms with Crippen LogP contribution in [0.5, 0.6) is 0 Å². The fourth-order valence-electron chi connectivity index (χ4n) is 4.31. The molecule has 3 aromatic rings. The Morgan fingerprint density at radius 1 is 0.921 bits per heavy atom. The third kappa shape index (κ3) is 5.95. The first kappa shape index (κ1) is 27.5. The molecule has 0 aliphatic carbocycles. The maximum Gasteiger partial charge on any atom is 0.415 e. The van der Waals surface area contributed by atoms with Gasteiger partial charge in [-0.05, 0) is 42.7 Å². The maximum atomic E-state index is 12.4. The largest absolute Gasteiger partial charge is 0.447 e. The predicted molar refractivity (Wildman–Crippen MR) is 151 cm³/mol. The van der Waals surface area contributed by atoms with Gasteiger partial charge in [-0.1, -0.05) is 61.5 Å². The highest BCUT2D eigenvalue weighted by atomic mass is 16.6. The molecule has 0 spiro atoms. The molecule has 4 heterocycles. The molecule has 0 bridgehead atoms. The van der Waals surface area contributed by atoms with Crippen molar-refractivity contribution in [2.45, 2.75) is 85.2 Å². The minimum atomic E-state index is -0.376. The van der Waals surface area contributed by atoms with Crippen molar-refractivity contribution < 1.29 is 9.53 Å². The normalized spacial score (nSPS) is 17.1. The highest BCUT2D eigenvalue weighted by Crippen LogP contribution is 2.32. The summed E-state index contributed by atoms with van der Waals surface area (Å²) in [5.41, 5.74) is 5.04. The lowest BCUT2D eigenvalue weighted by atomic mass is 9.85. The van der Waals surface area contributed by atoms with Gasteiger partial charge in [0.15, 0.2) is 0 Å². The van der Waals surface area contributed by atoms with Crippen LogP contribution in [0, 0.1) is 5.92 Å². The number of aromatic nitrogens is 4. The van der Waals surface area contributed by atoms with E-state index in [1.54, 1.807) is 17.2 Å². The topological polar surface area (TPSA) is 93.1 Å². The minimum Gasteiger partial charge on any atom is -0.447 e. The Kier molecular flexibility index (Phi) is 7.46. The van der Waals surface area contributed by atoms with E-state index in [1.165, 1.54) is 0 Å². The first-order valence-corrected chi connectivity index (χ1v) is 13.3. The molecule has 1 aliphatic heterocycles. The average molecular weight is 517 g/mol. The molecule has 0 saturated carbocycles. The molecule has 4 rings (SSSR count). The van der Waals surface area contributed by atoms with E-state index in [-0.39, 0.29) is 34.9 Å². The monoisotopic (exact) mass is 516 g/mol. The Morgan fingerprint density at radius 2 is 1.58 bits per heavy atom. The van der Waals surface area contributed by atoms with Gasteiger partial charge < -0.3 is 10.1 Å². The van der Waals surface area contributed by atoms with Crippen LogP contribution in [0.3, 0.4) is 0 Å². The van der Waals surface area contributed by atoms with Crippen LogP contribution in [0.4, 0.5) is 16.6 Å². The number of carbonyl (C=O) groups excluding carboxylic acids is 1. The zero-order valence-corrected chi connectivity index (χ0v) is 24.0. The summed E-state index contributed by atoms with van der Waals surface area (Å²) < 4.78 is 5.28. The van der Waals surface area contributed by atoms with E-state index in [2.05, 4.69) is 88.9 Å². The van der Waals surface area contributed by atoms with Gasteiger partial charge in [0.2, 0.25) is 5.95 Å². The van der Waals surface area contributed by atoms with Crippen molar-refractivity contribution in [2.75, 3.05) is 16.8 Å². The highest BCUT2D eigenvalue weighted by molar-refractivity contribution is 5.89. The molecule has 0 aromatic carbocycles. The number of anilines is 2. The second kappa shape index (κ2) is 10.3. The third-order valence-electron chi connectivity index (χ3n) is 6.83. The molecule has 0 unspecified atom stereocenters. The van der Waals surface area contributed by atoms with Gasteiger partial charge in [-0.25, -0.2) is 9.78 Å². The number of cyclic esters (lactones) is 1. The molecule has 8 nitrogen and oxygen atoms in total. The van der Waals surface area contributed by atoms with Crippen molar-refractivity contribution in [1.29, 1.82) is 0 Å². The molecule has 0 radical (unpaired) electrons. The third-order valence-corrected chi connectivity index (χ3v) is 6.83. The second-order valence-corrected chi connectivity index (χ2v) is 12.5. The van der Waals surface area contributed by atoms with Crippen LogP contribution in [0.25, 0.3) is 11.1 Å². The quantitative estimate of drug-likeness (QED) is 0.390. The van der Waals surface area contributed by atoms with Crippen molar-refractivity contribution in [3.63, 3.8) is 0 Å². The molecule has 8 heteroatoms. The second-order valence-electron chi connectivity index (χ2n) is 12.5. The number of ether oxygens (including phenoxy) is 1. The summed E-state index contributed by atoms with van der Waals surface area (Å²) in [6.07, 6.45) is 3.19. The highest BCUT2D eigenvalue weighted by Gasteiger charge is 2.37. The smallest absolute Gasteiger partial charge is 0.415 e. The summed E-state index contributed by atoms with van der Waals surface area (Å²) in [6, 6.07) is 10.00. The van der Waals surface area contributed by atoms with Crippen molar-refractivity contribution in [2.24, 2.45) is 5.92 Å². The van der Waals surface area contributed by atoms with Crippen LogP contribution in [-0.2, 0) is 15.6 Å². The van der Waals surface area contributed by atoms with Crippen molar-refractivity contribution in [3.05, 3.63) is 59.8 Å². The Bertz CT molecular complexity index is 1260.